The standard InChI is InChI=1S/C12H23NO2S.C2H6/c1-11(2)6-8-13(9-7-11)10-12(4-5-12)16(3,14)15;1-2/h4-10H2,1-3H3;1-2H3. The van der Waals surface area contributed by atoms with Crippen LogP contribution in [-0.4, -0.2) is 44.0 Å². The van der Waals surface area contributed by atoms with E-state index in [-0.39, 0.29) is 4.75 Å². The maximum atomic E-state index is 11.7. The summed E-state index contributed by atoms with van der Waals surface area (Å²) >= 11 is 0. The topological polar surface area (TPSA) is 37.4 Å². The van der Waals surface area contributed by atoms with Gasteiger partial charge in [-0.2, -0.15) is 0 Å². The molecule has 1 aliphatic carbocycles. The molecule has 18 heavy (non-hydrogen) atoms. The van der Waals surface area contributed by atoms with Gasteiger partial charge in [-0.05, 0) is 44.2 Å². The zero-order valence-electron chi connectivity index (χ0n) is 12.6. The number of piperidine rings is 1. The van der Waals surface area contributed by atoms with Gasteiger partial charge in [0, 0.05) is 12.8 Å². The normalized spacial score (nSPS) is 26.1. The van der Waals surface area contributed by atoms with E-state index in [1.807, 2.05) is 13.8 Å². The monoisotopic (exact) mass is 275 g/mol. The largest absolute Gasteiger partial charge is 0.302 e. The van der Waals surface area contributed by atoms with Gasteiger partial charge in [0.2, 0.25) is 0 Å². The fraction of sp³-hybridized carbons (Fsp3) is 1.00. The molecular weight excluding hydrogens is 246 g/mol. The quantitative estimate of drug-likeness (QED) is 0.795. The summed E-state index contributed by atoms with van der Waals surface area (Å²) in [5, 5.41) is 0. The van der Waals surface area contributed by atoms with Gasteiger partial charge in [0.05, 0.1) is 4.75 Å². The van der Waals surface area contributed by atoms with Gasteiger partial charge in [0.15, 0.2) is 9.84 Å². The highest BCUT2D eigenvalue weighted by Crippen LogP contribution is 2.44. The van der Waals surface area contributed by atoms with Crippen molar-refractivity contribution in [1.29, 1.82) is 0 Å². The van der Waals surface area contributed by atoms with Crippen molar-refractivity contribution >= 4 is 9.84 Å². The second-order valence-corrected chi connectivity index (χ2v) is 8.81. The molecule has 0 spiro atoms. The van der Waals surface area contributed by atoms with Crippen molar-refractivity contribution < 1.29 is 8.42 Å². The van der Waals surface area contributed by atoms with E-state index in [0.29, 0.717) is 5.41 Å². The number of nitrogens with zero attached hydrogens (tertiary/aromatic N) is 1. The summed E-state index contributed by atoms with van der Waals surface area (Å²) < 4.78 is 23.0. The van der Waals surface area contributed by atoms with E-state index in [4.69, 9.17) is 0 Å². The summed E-state index contributed by atoms with van der Waals surface area (Å²) in [6.07, 6.45) is 5.50. The SMILES string of the molecule is CC.CC1(C)CCN(CC2(S(C)(=O)=O)CC2)CC1. The highest BCUT2D eigenvalue weighted by Gasteiger charge is 2.53. The van der Waals surface area contributed by atoms with Crippen molar-refractivity contribution in [2.45, 2.75) is 58.1 Å². The van der Waals surface area contributed by atoms with Crippen LogP contribution in [0.25, 0.3) is 0 Å². The third-order valence-corrected chi connectivity index (χ3v) is 6.43. The molecule has 2 fully saturated rings. The molecule has 0 radical (unpaired) electrons. The fourth-order valence-corrected chi connectivity index (χ4v) is 3.77. The average molecular weight is 275 g/mol. The number of hydrogen-bond donors (Lipinski definition) is 0. The molecule has 1 saturated heterocycles. The first-order valence-corrected chi connectivity index (χ1v) is 9.05. The van der Waals surface area contributed by atoms with Crippen molar-refractivity contribution in [3.05, 3.63) is 0 Å². The van der Waals surface area contributed by atoms with Crippen molar-refractivity contribution in [2.75, 3.05) is 25.9 Å². The van der Waals surface area contributed by atoms with E-state index in [2.05, 4.69) is 18.7 Å². The third-order valence-electron chi connectivity index (χ3n) is 4.32. The first kappa shape index (κ1) is 16.0. The molecule has 0 bridgehead atoms. The fourth-order valence-electron chi connectivity index (χ4n) is 2.51. The Morgan fingerprint density at radius 1 is 1.00 bits per heavy atom. The number of sulfone groups is 1. The zero-order valence-corrected chi connectivity index (χ0v) is 13.4. The first-order chi connectivity index (χ1) is 8.24. The Hall–Kier alpha value is -0.0900. The summed E-state index contributed by atoms with van der Waals surface area (Å²) in [5.41, 5.74) is 0.443. The summed E-state index contributed by atoms with van der Waals surface area (Å²) in [5.74, 6) is 0. The van der Waals surface area contributed by atoms with Crippen molar-refractivity contribution in [2.24, 2.45) is 5.41 Å². The van der Waals surface area contributed by atoms with Crippen LogP contribution >= 0.6 is 0 Å². The zero-order chi connectivity index (χ0) is 14.0. The molecule has 2 aliphatic rings. The van der Waals surface area contributed by atoms with Gasteiger partial charge in [-0.15, -0.1) is 0 Å². The first-order valence-electron chi connectivity index (χ1n) is 7.16. The lowest BCUT2D eigenvalue weighted by Gasteiger charge is -2.38. The van der Waals surface area contributed by atoms with Crippen LogP contribution in [0.3, 0.4) is 0 Å². The van der Waals surface area contributed by atoms with Crippen molar-refractivity contribution in [3.8, 4) is 0 Å². The van der Waals surface area contributed by atoms with Crippen LogP contribution in [0.2, 0.25) is 0 Å². The summed E-state index contributed by atoms with van der Waals surface area (Å²) in [6.45, 7) is 11.5. The molecule has 0 N–H and O–H groups in total. The molecule has 0 aromatic heterocycles. The van der Waals surface area contributed by atoms with Gasteiger partial charge in [-0.3, -0.25) is 0 Å². The second kappa shape index (κ2) is 5.49. The Morgan fingerprint density at radius 3 is 1.78 bits per heavy atom. The number of rotatable bonds is 3. The Kier molecular flexibility index (Phi) is 4.87. The minimum Gasteiger partial charge on any atom is -0.302 e. The van der Waals surface area contributed by atoms with Crippen molar-refractivity contribution in [1.82, 2.24) is 4.90 Å². The molecule has 0 aromatic carbocycles. The van der Waals surface area contributed by atoms with Crippen LogP contribution < -0.4 is 0 Å². The summed E-state index contributed by atoms with van der Waals surface area (Å²) in [6, 6.07) is 0. The lowest BCUT2D eigenvalue weighted by atomic mass is 9.82. The van der Waals surface area contributed by atoms with Crippen LogP contribution in [0.5, 0.6) is 0 Å². The van der Waals surface area contributed by atoms with E-state index in [1.54, 1.807) is 0 Å². The molecule has 3 nitrogen and oxygen atoms in total. The molecule has 0 unspecified atom stereocenters. The molecule has 2 rings (SSSR count). The molecule has 1 aliphatic heterocycles. The van der Waals surface area contributed by atoms with Crippen LogP contribution in [0.4, 0.5) is 0 Å². The molecular formula is C14H29NO2S. The van der Waals surface area contributed by atoms with E-state index in [0.717, 1.165) is 32.5 Å². The molecule has 4 heteroatoms. The van der Waals surface area contributed by atoms with E-state index in [9.17, 15) is 8.42 Å². The Labute approximate surface area is 113 Å². The van der Waals surface area contributed by atoms with Crippen LogP contribution in [-0.2, 0) is 9.84 Å². The molecule has 108 valence electrons. The van der Waals surface area contributed by atoms with E-state index < -0.39 is 9.84 Å². The van der Waals surface area contributed by atoms with Gasteiger partial charge in [0.1, 0.15) is 0 Å². The predicted octanol–water partition coefficient (Wildman–Crippen LogP) is 2.71. The summed E-state index contributed by atoms with van der Waals surface area (Å²) in [7, 11) is -2.86. The number of hydrogen-bond acceptors (Lipinski definition) is 3. The average Bonchev–Trinajstić information content (AvgIpc) is 3.05. The molecule has 1 saturated carbocycles. The Bertz CT molecular complexity index is 359. The van der Waals surface area contributed by atoms with Gasteiger partial charge in [-0.25, -0.2) is 8.42 Å². The summed E-state index contributed by atoms with van der Waals surface area (Å²) in [4.78, 5) is 2.35. The molecule has 0 amide bonds. The second-order valence-electron chi connectivity index (χ2n) is 6.40. The van der Waals surface area contributed by atoms with Crippen LogP contribution in [0, 0.1) is 5.41 Å². The van der Waals surface area contributed by atoms with Gasteiger partial charge in [0.25, 0.3) is 0 Å². The maximum absolute atomic E-state index is 11.7. The molecule has 0 aromatic rings. The Balaban J connectivity index is 0.000000771. The van der Waals surface area contributed by atoms with Gasteiger partial charge >= 0.3 is 0 Å². The maximum Gasteiger partial charge on any atom is 0.154 e. The van der Waals surface area contributed by atoms with Crippen LogP contribution in [0.1, 0.15) is 53.4 Å². The molecule has 0 atom stereocenters. The smallest absolute Gasteiger partial charge is 0.154 e. The Morgan fingerprint density at radius 2 is 1.44 bits per heavy atom. The lowest BCUT2D eigenvalue weighted by Crippen LogP contribution is -2.44. The minimum absolute atomic E-state index is 0.380. The number of likely N-dealkylation sites (tertiary alicyclic amines) is 1. The van der Waals surface area contributed by atoms with E-state index in [1.165, 1.54) is 19.1 Å². The predicted molar refractivity (Wildman–Crippen MR) is 77.6 cm³/mol. The van der Waals surface area contributed by atoms with Gasteiger partial charge in [-0.1, -0.05) is 27.7 Å². The highest BCUT2D eigenvalue weighted by molar-refractivity contribution is 7.92. The minimum atomic E-state index is -2.86. The van der Waals surface area contributed by atoms with Crippen molar-refractivity contribution in [3.63, 3.8) is 0 Å². The molecule has 1 heterocycles. The highest BCUT2D eigenvalue weighted by atomic mass is 32.2. The van der Waals surface area contributed by atoms with Gasteiger partial charge < -0.3 is 4.90 Å². The third kappa shape index (κ3) is 3.70. The van der Waals surface area contributed by atoms with E-state index >= 15 is 0 Å². The van der Waals surface area contributed by atoms with Crippen LogP contribution in [0.15, 0.2) is 0 Å². The lowest BCUT2D eigenvalue weighted by molar-refractivity contribution is 0.131.